The van der Waals surface area contributed by atoms with Gasteiger partial charge in [0.15, 0.2) is 0 Å². The van der Waals surface area contributed by atoms with Crippen molar-refractivity contribution in [1.82, 2.24) is 0 Å². The molecular weight excluding hydrogens is 284 g/mol. The van der Waals surface area contributed by atoms with E-state index in [0.29, 0.717) is 6.61 Å². The molecule has 19 heavy (non-hydrogen) atoms. The van der Waals surface area contributed by atoms with Crippen molar-refractivity contribution in [2.24, 2.45) is 5.41 Å². The summed E-state index contributed by atoms with van der Waals surface area (Å²) in [5.41, 5.74) is 0.813. The van der Waals surface area contributed by atoms with Gasteiger partial charge in [-0.15, -0.1) is 0 Å². The van der Waals surface area contributed by atoms with Crippen LogP contribution in [-0.2, 0) is 9.05 Å². The zero-order valence-electron chi connectivity index (χ0n) is 11.1. The summed E-state index contributed by atoms with van der Waals surface area (Å²) >= 11 is 0. The molecule has 0 heterocycles. The van der Waals surface area contributed by atoms with Crippen LogP contribution in [0.4, 0.5) is 0 Å². The van der Waals surface area contributed by atoms with Crippen LogP contribution in [-0.4, -0.2) is 20.8 Å². The smallest absolute Gasteiger partial charge is 0.233 e. The van der Waals surface area contributed by atoms with Gasteiger partial charge in [0.2, 0.25) is 9.05 Å². The van der Waals surface area contributed by atoms with Crippen LogP contribution in [0.25, 0.3) is 0 Å². The molecule has 0 N–H and O–H groups in total. The molecule has 5 heteroatoms. The minimum Gasteiger partial charge on any atom is -0.493 e. The van der Waals surface area contributed by atoms with Crippen molar-refractivity contribution in [3.05, 3.63) is 29.8 Å². The Labute approximate surface area is 119 Å². The molecule has 0 aromatic heterocycles. The fourth-order valence-electron chi connectivity index (χ4n) is 2.76. The van der Waals surface area contributed by atoms with E-state index in [9.17, 15) is 8.42 Å². The van der Waals surface area contributed by atoms with E-state index in [2.05, 4.69) is 0 Å². The first-order valence-electron chi connectivity index (χ1n) is 6.50. The SMILES string of the molecule is Cc1cccc(OCC2(CS(=O)(=O)Cl)CCCC2)c1. The second-order valence-corrected chi connectivity index (χ2v) is 8.27. The summed E-state index contributed by atoms with van der Waals surface area (Å²) in [5, 5.41) is 0. The highest BCUT2D eigenvalue weighted by atomic mass is 35.7. The van der Waals surface area contributed by atoms with Crippen LogP contribution in [0.15, 0.2) is 24.3 Å². The average molecular weight is 303 g/mol. The van der Waals surface area contributed by atoms with Crippen LogP contribution < -0.4 is 4.74 Å². The van der Waals surface area contributed by atoms with Crippen molar-refractivity contribution >= 4 is 19.7 Å². The lowest BCUT2D eigenvalue weighted by molar-refractivity contribution is 0.171. The Bertz CT molecular complexity index is 533. The minimum atomic E-state index is -3.49. The third-order valence-corrected chi connectivity index (χ3v) is 4.96. The Morgan fingerprint density at radius 1 is 1.32 bits per heavy atom. The van der Waals surface area contributed by atoms with Crippen molar-refractivity contribution in [1.29, 1.82) is 0 Å². The van der Waals surface area contributed by atoms with E-state index in [1.165, 1.54) is 0 Å². The van der Waals surface area contributed by atoms with Crippen LogP contribution in [0.5, 0.6) is 5.75 Å². The molecule has 1 saturated carbocycles. The Kier molecular flexibility index (Phi) is 4.41. The van der Waals surface area contributed by atoms with E-state index < -0.39 is 9.05 Å². The molecule has 0 aliphatic heterocycles. The van der Waals surface area contributed by atoms with Gasteiger partial charge in [0.1, 0.15) is 5.75 Å². The Balaban J connectivity index is 2.05. The number of halogens is 1. The van der Waals surface area contributed by atoms with Gasteiger partial charge in [-0.1, -0.05) is 25.0 Å². The summed E-state index contributed by atoms with van der Waals surface area (Å²) in [6, 6.07) is 7.79. The molecule has 1 aromatic carbocycles. The predicted octanol–water partition coefficient (Wildman–Crippen LogP) is 3.50. The fraction of sp³-hybridized carbons (Fsp3) is 0.571. The van der Waals surface area contributed by atoms with E-state index >= 15 is 0 Å². The lowest BCUT2D eigenvalue weighted by Crippen LogP contribution is -2.32. The van der Waals surface area contributed by atoms with Crippen molar-refractivity contribution in [2.75, 3.05) is 12.4 Å². The molecular formula is C14H19ClO3S. The van der Waals surface area contributed by atoms with E-state index in [-0.39, 0.29) is 11.2 Å². The molecule has 0 amide bonds. The Morgan fingerprint density at radius 2 is 2.00 bits per heavy atom. The molecule has 0 spiro atoms. The standard InChI is InChI=1S/C14H19ClO3S/c1-12-5-4-6-13(9-12)18-10-14(7-2-3-8-14)11-19(15,16)17/h4-6,9H,2-3,7-8,10-11H2,1H3. The van der Waals surface area contributed by atoms with E-state index in [1.807, 2.05) is 31.2 Å². The van der Waals surface area contributed by atoms with Crippen LogP contribution >= 0.6 is 10.7 Å². The highest BCUT2D eigenvalue weighted by molar-refractivity contribution is 8.13. The van der Waals surface area contributed by atoms with E-state index in [1.54, 1.807) is 0 Å². The summed E-state index contributed by atoms with van der Waals surface area (Å²) in [4.78, 5) is 0. The lowest BCUT2D eigenvalue weighted by Gasteiger charge is -2.27. The first-order chi connectivity index (χ1) is 8.89. The lowest BCUT2D eigenvalue weighted by atomic mass is 9.90. The van der Waals surface area contributed by atoms with Gasteiger partial charge in [-0.05, 0) is 37.5 Å². The first-order valence-corrected chi connectivity index (χ1v) is 8.98. The highest BCUT2D eigenvalue weighted by Crippen LogP contribution is 2.40. The number of ether oxygens (including phenoxy) is 1. The van der Waals surface area contributed by atoms with Crippen molar-refractivity contribution in [3.63, 3.8) is 0 Å². The molecule has 0 saturated heterocycles. The van der Waals surface area contributed by atoms with Crippen molar-refractivity contribution in [2.45, 2.75) is 32.6 Å². The minimum absolute atomic E-state index is 0.00731. The third-order valence-electron chi connectivity index (χ3n) is 3.68. The average Bonchev–Trinajstić information content (AvgIpc) is 2.73. The molecule has 1 aromatic rings. The second kappa shape index (κ2) is 5.71. The van der Waals surface area contributed by atoms with Gasteiger partial charge in [-0.2, -0.15) is 0 Å². The summed E-state index contributed by atoms with van der Waals surface area (Å²) in [6.45, 7) is 2.42. The molecule has 0 unspecified atom stereocenters. The molecule has 1 aliphatic carbocycles. The van der Waals surface area contributed by atoms with Crippen LogP contribution in [0, 0.1) is 12.3 Å². The number of hydrogen-bond acceptors (Lipinski definition) is 3. The van der Waals surface area contributed by atoms with E-state index in [4.69, 9.17) is 15.4 Å². The zero-order chi connectivity index (χ0) is 13.9. The van der Waals surface area contributed by atoms with Gasteiger partial charge in [0, 0.05) is 16.1 Å². The maximum Gasteiger partial charge on any atom is 0.233 e. The van der Waals surface area contributed by atoms with Crippen molar-refractivity contribution in [3.8, 4) is 5.75 Å². The summed E-state index contributed by atoms with van der Waals surface area (Å²) in [6.07, 6.45) is 3.82. The number of hydrogen-bond donors (Lipinski definition) is 0. The monoisotopic (exact) mass is 302 g/mol. The summed E-state index contributed by atoms with van der Waals surface area (Å²) in [5.74, 6) is 0.797. The molecule has 2 rings (SSSR count). The third kappa shape index (κ3) is 4.39. The molecule has 0 bridgehead atoms. The Hall–Kier alpha value is -0.740. The molecule has 0 atom stereocenters. The highest BCUT2D eigenvalue weighted by Gasteiger charge is 2.38. The Morgan fingerprint density at radius 3 is 2.58 bits per heavy atom. The maximum absolute atomic E-state index is 11.4. The molecule has 106 valence electrons. The van der Waals surface area contributed by atoms with Gasteiger partial charge < -0.3 is 4.74 Å². The fourth-order valence-corrected chi connectivity index (χ4v) is 4.56. The normalized spacial score (nSPS) is 18.4. The largest absolute Gasteiger partial charge is 0.493 e. The van der Waals surface area contributed by atoms with Gasteiger partial charge in [0.25, 0.3) is 0 Å². The van der Waals surface area contributed by atoms with E-state index in [0.717, 1.165) is 37.0 Å². The second-order valence-electron chi connectivity index (χ2n) is 5.50. The number of benzene rings is 1. The summed E-state index contributed by atoms with van der Waals surface area (Å²) < 4.78 is 28.5. The van der Waals surface area contributed by atoms with Crippen LogP contribution in [0.2, 0.25) is 0 Å². The molecule has 1 fully saturated rings. The predicted molar refractivity (Wildman–Crippen MR) is 77.2 cm³/mol. The molecule has 3 nitrogen and oxygen atoms in total. The van der Waals surface area contributed by atoms with Crippen LogP contribution in [0.1, 0.15) is 31.2 Å². The number of aryl methyl sites for hydroxylation is 1. The van der Waals surface area contributed by atoms with Gasteiger partial charge in [0.05, 0.1) is 12.4 Å². The zero-order valence-corrected chi connectivity index (χ0v) is 12.6. The summed E-state index contributed by atoms with van der Waals surface area (Å²) in [7, 11) is 1.94. The topological polar surface area (TPSA) is 43.4 Å². The number of rotatable bonds is 5. The van der Waals surface area contributed by atoms with Gasteiger partial charge in [-0.3, -0.25) is 0 Å². The first kappa shape index (κ1) is 14.7. The van der Waals surface area contributed by atoms with Gasteiger partial charge in [-0.25, -0.2) is 8.42 Å². The quantitative estimate of drug-likeness (QED) is 0.782. The maximum atomic E-state index is 11.4. The van der Waals surface area contributed by atoms with Crippen molar-refractivity contribution < 1.29 is 13.2 Å². The molecule has 1 aliphatic rings. The van der Waals surface area contributed by atoms with Gasteiger partial charge >= 0.3 is 0 Å². The molecule has 0 radical (unpaired) electrons. The van der Waals surface area contributed by atoms with Crippen LogP contribution in [0.3, 0.4) is 0 Å².